The number of hydrogen-bond donors (Lipinski definition) is 1. The van der Waals surface area contributed by atoms with E-state index >= 15 is 0 Å². The maximum absolute atomic E-state index is 12.1. The third kappa shape index (κ3) is 6.45. The normalized spacial score (nSPS) is 10.7. The lowest BCUT2D eigenvalue weighted by Crippen LogP contribution is -2.19. The number of benzene rings is 3. The predicted octanol–water partition coefficient (Wildman–Crippen LogP) is 4.91. The number of halogens is 2. The van der Waals surface area contributed by atoms with Crippen LogP contribution in [0.4, 0.5) is 0 Å². The number of hydrazone groups is 1. The molecule has 1 N–H and O–H groups in total. The van der Waals surface area contributed by atoms with Crippen molar-refractivity contribution < 1.29 is 14.3 Å². The van der Waals surface area contributed by atoms with Gasteiger partial charge in [0.05, 0.1) is 18.2 Å². The van der Waals surface area contributed by atoms with E-state index in [2.05, 4.69) is 10.5 Å². The van der Waals surface area contributed by atoms with E-state index in [1.54, 1.807) is 72.8 Å². The fourth-order valence-corrected chi connectivity index (χ4v) is 2.63. The highest BCUT2D eigenvalue weighted by molar-refractivity contribution is 6.30. The van der Waals surface area contributed by atoms with E-state index in [1.807, 2.05) is 0 Å². The Bertz CT molecular complexity index is 1020. The number of carbonyl (C=O) groups is 2. The Kier molecular flexibility index (Phi) is 7.00. The van der Waals surface area contributed by atoms with Crippen molar-refractivity contribution in [1.82, 2.24) is 5.43 Å². The Hall–Kier alpha value is -3.15. The number of nitrogens with one attached hydrogen (secondary N) is 1. The van der Waals surface area contributed by atoms with Crippen LogP contribution in [0.1, 0.15) is 21.5 Å². The highest BCUT2D eigenvalue weighted by atomic mass is 35.5. The summed E-state index contributed by atoms with van der Waals surface area (Å²) in [5, 5.41) is 5.10. The van der Waals surface area contributed by atoms with Crippen molar-refractivity contribution in [2.75, 3.05) is 0 Å². The zero-order valence-electron chi connectivity index (χ0n) is 15.1. The van der Waals surface area contributed by atoms with Crippen LogP contribution in [0.2, 0.25) is 10.0 Å². The standard InChI is InChI=1S/C22H16Cl2N2O3/c23-18-7-1-15(2-8-18)13-21(27)26-25-14-16-3-11-20(12-4-16)29-22(28)17-5-9-19(24)10-6-17/h1-12,14H,13H2,(H,26,27)/b25-14-. The molecule has 0 saturated heterocycles. The summed E-state index contributed by atoms with van der Waals surface area (Å²) in [5.41, 5.74) is 4.46. The first-order valence-corrected chi connectivity index (χ1v) is 9.39. The smallest absolute Gasteiger partial charge is 0.343 e. The maximum Gasteiger partial charge on any atom is 0.343 e. The van der Waals surface area contributed by atoms with Crippen LogP contribution in [-0.4, -0.2) is 18.1 Å². The van der Waals surface area contributed by atoms with Gasteiger partial charge < -0.3 is 4.74 Å². The fraction of sp³-hybridized carbons (Fsp3) is 0.0455. The molecule has 0 bridgehead atoms. The van der Waals surface area contributed by atoms with Crippen LogP contribution in [0, 0.1) is 0 Å². The van der Waals surface area contributed by atoms with E-state index in [-0.39, 0.29) is 12.3 Å². The Morgan fingerprint density at radius 3 is 2.07 bits per heavy atom. The number of carbonyl (C=O) groups excluding carboxylic acids is 2. The van der Waals surface area contributed by atoms with Crippen molar-refractivity contribution in [3.63, 3.8) is 0 Å². The number of rotatable bonds is 6. The number of ether oxygens (including phenoxy) is 1. The molecule has 0 radical (unpaired) electrons. The lowest BCUT2D eigenvalue weighted by molar-refractivity contribution is -0.120. The second-order valence-electron chi connectivity index (χ2n) is 6.06. The van der Waals surface area contributed by atoms with Gasteiger partial charge in [0, 0.05) is 10.0 Å². The summed E-state index contributed by atoms with van der Waals surface area (Å²) in [5.74, 6) is -0.316. The van der Waals surface area contributed by atoms with E-state index in [9.17, 15) is 9.59 Å². The van der Waals surface area contributed by atoms with Crippen molar-refractivity contribution in [3.05, 3.63) is 99.5 Å². The zero-order valence-corrected chi connectivity index (χ0v) is 16.7. The molecule has 3 aromatic rings. The third-order valence-corrected chi connectivity index (χ3v) is 4.36. The van der Waals surface area contributed by atoms with Crippen LogP contribution < -0.4 is 10.2 Å². The van der Waals surface area contributed by atoms with Gasteiger partial charge in [-0.05, 0) is 71.8 Å². The van der Waals surface area contributed by atoms with Gasteiger partial charge in [0.15, 0.2) is 0 Å². The average Bonchev–Trinajstić information content (AvgIpc) is 2.71. The molecule has 0 atom stereocenters. The van der Waals surface area contributed by atoms with Crippen LogP contribution in [0.3, 0.4) is 0 Å². The number of nitrogens with zero attached hydrogens (tertiary/aromatic N) is 1. The van der Waals surface area contributed by atoms with E-state index in [0.717, 1.165) is 11.1 Å². The molecule has 7 heteroatoms. The molecule has 0 aromatic heterocycles. The lowest BCUT2D eigenvalue weighted by Gasteiger charge is -2.05. The van der Waals surface area contributed by atoms with Crippen LogP contribution in [-0.2, 0) is 11.2 Å². The topological polar surface area (TPSA) is 67.8 Å². The Morgan fingerprint density at radius 2 is 1.45 bits per heavy atom. The largest absolute Gasteiger partial charge is 0.423 e. The first-order valence-electron chi connectivity index (χ1n) is 8.64. The molecule has 5 nitrogen and oxygen atoms in total. The van der Waals surface area contributed by atoms with E-state index in [4.69, 9.17) is 27.9 Å². The van der Waals surface area contributed by atoms with Gasteiger partial charge in [0.1, 0.15) is 5.75 Å². The molecule has 0 heterocycles. The number of amides is 1. The summed E-state index contributed by atoms with van der Waals surface area (Å²) in [6.45, 7) is 0. The van der Waals surface area contributed by atoms with E-state index in [0.29, 0.717) is 21.4 Å². The molecule has 0 saturated carbocycles. The van der Waals surface area contributed by atoms with Gasteiger partial charge in [0.2, 0.25) is 5.91 Å². The quantitative estimate of drug-likeness (QED) is 0.263. The number of hydrogen-bond acceptors (Lipinski definition) is 4. The maximum atomic E-state index is 12.1. The highest BCUT2D eigenvalue weighted by Crippen LogP contribution is 2.15. The van der Waals surface area contributed by atoms with E-state index < -0.39 is 5.97 Å². The molecule has 146 valence electrons. The van der Waals surface area contributed by atoms with Gasteiger partial charge >= 0.3 is 5.97 Å². The summed E-state index contributed by atoms with van der Waals surface area (Å²) < 4.78 is 5.31. The number of esters is 1. The summed E-state index contributed by atoms with van der Waals surface area (Å²) in [7, 11) is 0. The summed E-state index contributed by atoms with van der Waals surface area (Å²) in [6.07, 6.45) is 1.71. The Labute approximate surface area is 177 Å². The zero-order chi connectivity index (χ0) is 20.6. The Morgan fingerprint density at radius 1 is 0.862 bits per heavy atom. The van der Waals surface area contributed by atoms with Crippen molar-refractivity contribution in [2.24, 2.45) is 5.10 Å². The lowest BCUT2D eigenvalue weighted by atomic mass is 10.1. The first-order chi connectivity index (χ1) is 14.0. The molecule has 0 fully saturated rings. The molecule has 0 aliphatic heterocycles. The summed E-state index contributed by atoms with van der Waals surface area (Å²) in [4.78, 5) is 24.0. The van der Waals surface area contributed by atoms with Crippen molar-refractivity contribution in [3.8, 4) is 5.75 Å². The molecule has 0 spiro atoms. The molecule has 0 unspecified atom stereocenters. The van der Waals surface area contributed by atoms with Gasteiger partial charge in [-0.15, -0.1) is 0 Å². The SMILES string of the molecule is O=C(Cc1ccc(Cl)cc1)N/N=C\c1ccc(OC(=O)c2ccc(Cl)cc2)cc1. The van der Waals surface area contributed by atoms with Crippen molar-refractivity contribution >= 4 is 41.3 Å². The molecule has 3 aromatic carbocycles. The van der Waals surface area contributed by atoms with E-state index in [1.165, 1.54) is 6.21 Å². The van der Waals surface area contributed by atoms with Crippen LogP contribution in [0.25, 0.3) is 0 Å². The highest BCUT2D eigenvalue weighted by Gasteiger charge is 2.08. The van der Waals surface area contributed by atoms with Crippen molar-refractivity contribution in [2.45, 2.75) is 6.42 Å². The third-order valence-electron chi connectivity index (χ3n) is 3.85. The minimum atomic E-state index is -0.474. The average molecular weight is 427 g/mol. The Balaban J connectivity index is 1.50. The predicted molar refractivity (Wildman–Crippen MR) is 114 cm³/mol. The first kappa shape index (κ1) is 20.6. The molecular formula is C22H16Cl2N2O3. The molecular weight excluding hydrogens is 411 g/mol. The van der Waals surface area contributed by atoms with Crippen LogP contribution >= 0.6 is 23.2 Å². The summed E-state index contributed by atoms with van der Waals surface area (Å²) >= 11 is 11.6. The monoisotopic (exact) mass is 426 g/mol. The minimum absolute atomic E-state index is 0.202. The van der Waals surface area contributed by atoms with Crippen molar-refractivity contribution in [1.29, 1.82) is 0 Å². The molecule has 0 aliphatic rings. The second kappa shape index (κ2) is 9.87. The molecule has 1 amide bonds. The van der Waals surface area contributed by atoms with Crippen LogP contribution in [0.5, 0.6) is 5.75 Å². The van der Waals surface area contributed by atoms with Gasteiger partial charge in [0.25, 0.3) is 0 Å². The molecule has 3 rings (SSSR count). The van der Waals surface area contributed by atoms with Gasteiger partial charge in [-0.25, -0.2) is 10.2 Å². The minimum Gasteiger partial charge on any atom is -0.423 e. The van der Waals surface area contributed by atoms with Gasteiger partial charge in [-0.1, -0.05) is 35.3 Å². The van der Waals surface area contributed by atoms with Gasteiger partial charge in [-0.3, -0.25) is 4.79 Å². The second-order valence-corrected chi connectivity index (χ2v) is 6.93. The van der Waals surface area contributed by atoms with Crippen LogP contribution in [0.15, 0.2) is 77.9 Å². The fourth-order valence-electron chi connectivity index (χ4n) is 2.38. The molecule has 29 heavy (non-hydrogen) atoms. The molecule has 0 aliphatic carbocycles. The van der Waals surface area contributed by atoms with Gasteiger partial charge in [-0.2, -0.15) is 5.10 Å². The summed E-state index contributed by atoms with van der Waals surface area (Å²) in [6, 6.07) is 20.2.